The van der Waals surface area contributed by atoms with Gasteiger partial charge < -0.3 is 9.15 Å². The minimum atomic E-state index is -3.80. The van der Waals surface area contributed by atoms with Gasteiger partial charge in [0.1, 0.15) is 6.10 Å². The van der Waals surface area contributed by atoms with Crippen LogP contribution in [0.3, 0.4) is 0 Å². The number of aryl methyl sites for hydroxylation is 1. The number of oxazole rings is 1. The van der Waals surface area contributed by atoms with Gasteiger partial charge in [-0.25, -0.2) is 27.6 Å². The smallest absolute Gasteiger partial charge is 0.419 e. The lowest BCUT2D eigenvalue weighted by molar-refractivity contribution is 0.119. The predicted octanol–water partition coefficient (Wildman–Crippen LogP) is 1.29. The number of nitrogens with zero attached hydrogens (tertiary/aromatic N) is 4. The maximum Gasteiger partial charge on any atom is 0.419 e. The SMILES string of the molecule is Cn1c(=O)oc2ccc(S(=O)(=O)N3CCCC(Oc4ncc(F)cn4)C3)cc21. The van der Waals surface area contributed by atoms with Crippen molar-refractivity contribution in [1.82, 2.24) is 18.8 Å². The lowest BCUT2D eigenvalue weighted by Crippen LogP contribution is -2.44. The van der Waals surface area contributed by atoms with E-state index in [0.29, 0.717) is 30.5 Å². The minimum absolute atomic E-state index is 0.000430. The summed E-state index contributed by atoms with van der Waals surface area (Å²) in [5.41, 5.74) is 0.718. The van der Waals surface area contributed by atoms with Crippen LogP contribution in [0.4, 0.5) is 4.39 Å². The third-order valence-electron chi connectivity index (χ3n) is 4.61. The molecule has 1 fully saturated rings. The van der Waals surface area contributed by atoms with E-state index in [9.17, 15) is 17.6 Å². The van der Waals surface area contributed by atoms with Crippen molar-refractivity contribution in [2.24, 2.45) is 7.05 Å². The number of benzene rings is 1. The quantitative estimate of drug-likeness (QED) is 0.640. The summed E-state index contributed by atoms with van der Waals surface area (Å²) in [6, 6.07) is 4.30. The molecule has 0 bridgehead atoms. The van der Waals surface area contributed by atoms with Crippen molar-refractivity contribution in [3.05, 3.63) is 47.0 Å². The standard InChI is InChI=1S/C17H17FN4O5S/c1-21-14-7-13(4-5-15(14)27-17(21)23)28(24,25)22-6-2-3-12(10-22)26-16-19-8-11(18)9-20-16/h4-5,7-9,12H,2-3,6,10H2,1H3. The summed E-state index contributed by atoms with van der Waals surface area (Å²) in [7, 11) is -2.29. The molecule has 148 valence electrons. The van der Waals surface area contributed by atoms with Crippen LogP contribution in [-0.4, -0.2) is 46.5 Å². The number of sulfonamides is 1. The average molecular weight is 408 g/mol. The second-order valence-corrected chi connectivity index (χ2v) is 8.42. The van der Waals surface area contributed by atoms with Gasteiger partial charge in [0.25, 0.3) is 0 Å². The maximum absolute atomic E-state index is 13.1. The molecule has 1 unspecified atom stereocenters. The Balaban J connectivity index is 1.57. The molecule has 2 aromatic heterocycles. The van der Waals surface area contributed by atoms with Gasteiger partial charge in [-0.3, -0.25) is 4.57 Å². The highest BCUT2D eigenvalue weighted by Crippen LogP contribution is 2.25. The first-order valence-electron chi connectivity index (χ1n) is 8.58. The molecule has 1 aliphatic rings. The van der Waals surface area contributed by atoms with Crippen molar-refractivity contribution in [2.45, 2.75) is 23.8 Å². The molecule has 3 aromatic rings. The molecule has 0 spiro atoms. The summed E-state index contributed by atoms with van der Waals surface area (Å²) in [4.78, 5) is 19.2. The van der Waals surface area contributed by atoms with Gasteiger partial charge in [0.15, 0.2) is 11.4 Å². The lowest BCUT2D eigenvalue weighted by Gasteiger charge is -2.31. The van der Waals surface area contributed by atoms with Crippen LogP contribution in [0.2, 0.25) is 0 Å². The third kappa shape index (κ3) is 3.38. The number of ether oxygens (including phenoxy) is 1. The van der Waals surface area contributed by atoms with Gasteiger partial charge in [-0.05, 0) is 31.0 Å². The van der Waals surface area contributed by atoms with Gasteiger partial charge in [-0.2, -0.15) is 4.31 Å². The van der Waals surface area contributed by atoms with Crippen molar-refractivity contribution in [2.75, 3.05) is 13.1 Å². The fraction of sp³-hybridized carbons (Fsp3) is 0.353. The molecule has 0 N–H and O–H groups in total. The number of piperidine rings is 1. The predicted molar refractivity (Wildman–Crippen MR) is 95.9 cm³/mol. The van der Waals surface area contributed by atoms with Crippen molar-refractivity contribution in [1.29, 1.82) is 0 Å². The van der Waals surface area contributed by atoms with E-state index in [0.717, 1.165) is 12.4 Å². The molecule has 1 aliphatic heterocycles. The summed E-state index contributed by atoms with van der Waals surface area (Å²) in [5.74, 6) is -1.14. The number of halogens is 1. The Kier molecular flexibility index (Phi) is 4.63. The van der Waals surface area contributed by atoms with E-state index in [1.165, 1.54) is 34.1 Å². The zero-order valence-electron chi connectivity index (χ0n) is 14.9. The van der Waals surface area contributed by atoms with E-state index < -0.39 is 27.7 Å². The number of aromatic nitrogens is 3. The summed E-state index contributed by atoms with van der Waals surface area (Å²) >= 11 is 0. The van der Waals surface area contributed by atoms with Crippen LogP contribution in [0.25, 0.3) is 11.1 Å². The van der Waals surface area contributed by atoms with Gasteiger partial charge in [0.2, 0.25) is 10.0 Å². The highest BCUT2D eigenvalue weighted by molar-refractivity contribution is 7.89. The Morgan fingerprint density at radius 3 is 2.79 bits per heavy atom. The van der Waals surface area contributed by atoms with E-state index in [2.05, 4.69) is 9.97 Å². The number of rotatable bonds is 4. The first-order valence-corrected chi connectivity index (χ1v) is 10.0. The molecular formula is C17H17FN4O5S. The zero-order chi connectivity index (χ0) is 19.9. The largest absolute Gasteiger partial charge is 0.459 e. The van der Waals surface area contributed by atoms with E-state index >= 15 is 0 Å². The van der Waals surface area contributed by atoms with Gasteiger partial charge in [0.05, 0.1) is 29.4 Å². The third-order valence-corrected chi connectivity index (χ3v) is 6.47. The Bertz CT molecular complexity index is 1170. The highest BCUT2D eigenvalue weighted by Gasteiger charge is 2.32. The van der Waals surface area contributed by atoms with Crippen LogP contribution in [0, 0.1) is 5.82 Å². The number of hydrogen-bond donors (Lipinski definition) is 0. The zero-order valence-corrected chi connectivity index (χ0v) is 15.7. The van der Waals surface area contributed by atoms with E-state index in [1.54, 1.807) is 0 Å². The Morgan fingerprint density at radius 2 is 2.04 bits per heavy atom. The summed E-state index contributed by atoms with van der Waals surface area (Å²) in [6.07, 6.45) is 2.75. The van der Waals surface area contributed by atoms with Crippen LogP contribution >= 0.6 is 0 Å². The van der Waals surface area contributed by atoms with Crippen LogP contribution in [0.15, 0.2) is 44.7 Å². The van der Waals surface area contributed by atoms with Crippen LogP contribution in [0.5, 0.6) is 6.01 Å². The van der Waals surface area contributed by atoms with E-state index in [1.807, 2.05) is 0 Å². The first-order chi connectivity index (χ1) is 13.3. The molecule has 28 heavy (non-hydrogen) atoms. The molecular weight excluding hydrogens is 391 g/mol. The fourth-order valence-corrected chi connectivity index (χ4v) is 4.68. The maximum atomic E-state index is 13.1. The average Bonchev–Trinajstić information content (AvgIpc) is 2.97. The molecule has 1 aromatic carbocycles. The minimum Gasteiger partial charge on any atom is -0.459 e. The molecule has 1 atom stereocenters. The van der Waals surface area contributed by atoms with Crippen LogP contribution in [0.1, 0.15) is 12.8 Å². The van der Waals surface area contributed by atoms with Gasteiger partial charge in [0, 0.05) is 13.6 Å². The van der Waals surface area contributed by atoms with Crippen molar-refractivity contribution in [3.8, 4) is 6.01 Å². The molecule has 4 rings (SSSR count). The van der Waals surface area contributed by atoms with Crippen molar-refractivity contribution in [3.63, 3.8) is 0 Å². The van der Waals surface area contributed by atoms with Crippen molar-refractivity contribution >= 4 is 21.1 Å². The first kappa shape index (κ1) is 18.6. The Hall–Kier alpha value is -2.79. The van der Waals surface area contributed by atoms with Gasteiger partial charge in [-0.1, -0.05) is 0 Å². The highest BCUT2D eigenvalue weighted by atomic mass is 32.2. The molecule has 11 heteroatoms. The van der Waals surface area contributed by atoms with E-state index in [4.69, 9.17) is 9.15 Å². The molecule has 9 nitrogen and oxygen atoms in total. The second kappa shape index (κ2) is 6.99. The topological polar surface area (TPSA) is 108 Å². The number of hydrogen-bond acceptors (Lipinski definition) is 7. The summed E-state index contributed by atoms with van der Waals surface area (Å²) < 4.78 is 52.3. The molecule has 0 aliphatic carbocycles. The molecule has 1 saturated heterocycles. The van der Waals surface area contributed by atoms with Crippen LogP contribution < -0.4 is 10.5 Å². The summed E-state index contributed by atoms with van der Waals surface area (Å²) in [6.45, 7) is 0.459. The van der Waals surface area contributed by atoms with Gasteiger partial charge in [-0.15, -0.1) is 0 Å². The second-order valence-electron chi connectivity index (χ2n) is 6.49. The molecule has 0 amide bonds. The lowest BCUT2D eigenvalue weighted by atomic mass is 10.1. The van der Waals surface area contributed by atoms with Crippen LogP contribution in [-0.2, 0) is 17.1 Å². The Morgan fingerprint density at radius 1 is 1.29 bits per heavy atom. The molecule has 0 radical (unpaired) electrons. The fourth-order valence-electron chi connectivity index (χ4n) is 3.15. The van der Waals surface area contributed by atoms with Gasteiger partial charge >= 0.3 is 11.8 Å². The Labute approximate surface area is 159 Å². The van der Waals surface area contributed by atoms with E-state index in [-0.39, 0.29) is 17.5 Å². The normalized spacial score (nSPS) is 18.4. The molecule has 0 saturated carbocycles. The summed E-state index contributed by atoms with van der Waals surface area (Å²) in [5, 5.41) is 0. The monoisotopic (exact) mass is 408 g/mol. The molecule has 3 heterocycles. The van der Waals surface area contributed by atoms with Crippen molar-refractivity contribution < 1.29 is 22.0 Å². The number of fused-ring (bicyclic) bond motifs is 1.